The maximum Gasteiger partial charge on any atom is 0.296 e. The predicted octanol–water partition coefficient (Wildman–Crippen LogP) is 0.231. The topological polar surface area (TPSA) is 162 Å². The zero-order valence-electron chi connectivity index (χ0n) is 21.4. The summed E-state index contributed by atoms with van der Waals surface area (Å²) in [4.78, 5) is 34.9. The molecule has 5 rings (SSSR count). The monoisotopic (exact) mass is 561 g/mol. The summed E-state index contributed by atoms with van der Waals surface area (Å²) in [7, 11) is -3.40. The number of nitrogens with zero attached hydrogens (tertiary/aromatic N) is 6. The lowest BCUT2D eigenvalue weighted by Crippen LogP contribution is -2.49. The SMILES string of the molecule is Cc1ncnn1-c1cc(F)ccc1CNC(=O)c1nc2n(c(=O)c1O)CCOCC21CCN(S(C)(=O)=O)CC1. The standard InChI is InChI=1S/C24H28FN7O6S/c1-15-27-14-28-32(15)18-11-17(25)4-3-16(18)12-26-21(34)19-20(33)22(35)31-9-10-38-13-24(23(31)29-19)5-7-30(8-6-24)39(2,36)37/h3-4,11,14,33H,5-10,12-13H2,1-2H3,(H,26,34). The molecule has 39 heavy (non-hydrogen) atoms. The van der Waals surface area contributed by atoms with E-state index in [2.05, 4.69) is 20.4 Å². The number of hydrogen-bond donors (Lipinski definition) is 2. The number of rotatable bonds is 5. The number of aryl methyl sites for hydroxylation is 1. The molecule has 0 bridgehead atoms. The van der Waals surface area contributed by atoms with E-state index in [9.17, 15) is 27.5 Å². The number of carbonyl (C=O) groups excluding carboxylic acids is 1. The van der Waals surface area contributed by atoms with E-state index in [-0.39, 0.29) is 45.2 Å². The number of piperidine rings is 1. The highest BCUT2D eigenvalue weighted by Gasteiger charge is 2.44. The first-order valence-corrected chi connectivity index (χ1v) is 14.2. The second kappa shape index (κ2) is 10.1. The number of aromatic nitrogens is 5. The average molecular weight is 562 g/mol. The van der Waals surface area contributed by atoms with Gasteiger partial charge in [-0.05, 0) is 37.5 Å². The third-order valence-corrected chi connectivity index (χ3v) is 8.56. The molecule has 2 aliphatic heterocycles. The number of carbonyl (C=O) groups is 1. The molecule has 0 atom stereocenters. The molecule has 1 fully saturated rings. The van der Waals surface area contributed by atoms with E-state index < -0.39 is 44.2 Å². The van der Waals surface area contributed by atoms with Gasteiger partial charge in [-0.25, -0.2) is 31.8 Å². The van der Waals surface area contributed by atoms with E-state index >= 15 is 0 Å². The molecular weight excluding hydrogens is 533 g/mol. The summed E-state index contributed by atoms with van der Waals surface area (Å²) in [6.45, 7) is 2.55. The molecular formula is C24H28FN7O6S. The fraction of sp³-hybridized carbons (Fsp3) is 0.458. The van der Waals surface area contributed by atoms with Crippen LogP contribution in [0.2, 0.25) is 0 Å². The fourth-order valence-electron chi connectivity index (χ4n) is 5.10. The Balaban J connectivity index is 1.46. The van der Waals surface area contributed by atoms with Gasteiger partial charge in [0, 0.05) is 19.6 Å². The third-order valence-electron chi connectivity index (χ3n) is 7.25. The van der Waals surface area contributed by atoms with Crippen LogP contribution in [0.5, 0.6) is 5.75 Å². The summed E-state index contributed by atoms with van der Waals surface area (Å²) in [5.41, 5.74) is -1.14. The first-order valence-electron chi connectivity index (χ1n) is 12.3. The van der Waals surface area contributed by atoms with Crippen molar-refractivity contribution in [3.8, 4) is 11.4 Å². The van der Waals surface area contributed by atoms with Crippen LogP contribution >= 0.6 is 0 Å². The average Bonchev–Trinajstić information content (AvgIpc) is 3.25. The molecule has 2 aliphatic rings. The lowest BCUT2D eigenvalue weighted by Gasteiger charge is -2.39. The van der Waals surface area contributed by atoms with E-state index in [4.69, 9.17) is 4.74 Å². The number of hydrogen-bond acceptors (Lipinski definition) is 9. The van der Waals surface area contributed by atoms with Crippen molar-refractivity contribution in [1.29, 1.82) is 0 Å². The number of fused-ring (bicyclic) bond motifs is 2. The Bertz CT molecular complexity index is 1590. The van der Waals surface area contributed by atoms with Gasteiger partial charge in [-0.2, -0.15) is 5.10 Å². The molecule has 0 saturated carbocycles. The molecule has 3 aromatic rings. The number of nitrogens with one attached hydrogen (secondary N) is 1. The first-order chi connectivity index (χ1) is 18.5. The van der Waals surface area contributed by atoms with E-state index in [0.717, 1.165) is 6.26 Å². The van der Waals surface area contributed by atoms with E-state index in [0.29, 0.717) is 29.9 Å². The van der Waals surface area contributed by atoms with Crippen LogP contribution in [-0.4, -0.2) is 80.6 Å². The van der Waals surface area contributed by atoms with Crippen LogP contribution in [0.3, 0.4) is 0 Å². The zero-order valence-corrected chi connectivity index (χ0v) is 22.2. The quantitative estimate of drug-likeness (QED) is 0.444. The van der Waals surface area contributed by atoms with Crippen molar-refractivity contribution in [3.05, 3.63) is 63.6 Å². The van der Waals surface area contributed by atoms with Crippen LogP contribution in [0, 0.1) is 12.7 Å². The van der Waals surface area contributed by atoms with Gasteiger partial charge in [0.25, 0.3) is 11.5 Å². The Labute approximate surface area is 223 Å². The van der Waals surface area contributed by atoms with Crippen molar-refractivity contribution >= 4 is 15.9 Å². The largest absolute Gasteiger partial charge is 0.501 e. The number of sulfonamides is 1. The molecule has 1 amide bonds. The number of amides is 1. The van der Waals surface area contributed by atoms with Crippen molar-refractivity contribution in [1.82, 2.24) is 33.9 Å². The van der Waals surface area contributed by atoms with Crippen LogP contribution in [-0.2, 0) is 33.3 Å². The number of benzene rings is 1. The van der Waals surface area contributed by atoms with Crippen LogP contribution in [0.4, 0.5) is 4.39 Å². The molecule has 1 spiro atoms. The highest BCUT2D eigenvalue weighted by atomic mass is 32.2. The molecule has 0 unspecified atom stereocenters. The van der Waals surface area contributed by atoms with Crippen LogP contribution in [0.25, 0.3) is 5.69 Å². The fourth-order valence-corrected chi connectivity index (χ4v) is 5.94. The van der Waals surface area contributed by atoms with Crippen molar-refractivity contribution < 1.29 is 27.4 Å². The van der Waals surface area contributed by atoms with Crippen molar-refractivity contribution in [2.75, 3.05) is 32.6 Å². The summed E-state index contributed by atoms with van der Waals surface area (Å²) < 4.78 is 48.0. The highest BCUT2D eigenvalue weighted by Crippen LogP contribution is 2.37. The molecule has 1 aromatic carbocycles. The molecule has 2 aromatic heterocycles. The second-order valence-corrected chi connectivity index (χ2v) is 11.7. The Morgan fingerprint density at radius 3 is 2.67 bits per heavy atom. The third kappa shape index (κ3) is 5.04. The van der Waals surface area contributed by atoms with Crippen LogP contribution in [0.15, 0.2) is 29.3 Å². The summed E-state index contributed by atoms with van der Waals surface area (Å²) in [6, 6.07) is 4.00. The number of ether oxygens (including phenoxy) is 1. The summed E-state index contributed by atoms with van der Waals surface area (Å²) >= 11 is 0. The lowest BCUT2D eigenvalue weighted by molar-refractivity contribution is 0.0657. The van der Waals surface area contributed by atoms with Gasteiger partial charge in [0.2, 0.25) is 15.8 Å². The van der Waals surface area contributed by atoms with E-state index in [1.54, 1.807) is 6.92 Å². The van der Waals surface area contributed by atoms with Gasteiger partial charge in [-0.3, -0.25) is 14.2 Å². The first kappa shape index (κ1) is 26.9. The Hall–Kier alpha value is -3.69. The Morgan fingerprint density at radius 1 is 1.26 bits per heavy atom. The summed E-state index contributed by atoms with van der Waals surface area (Å²) in [5, 5.41) is 17.4. The molecule has 1 saturated heterocycles. The van der Waals surface area contributed by atoms with Crippen LogP contribution < -0.4 is 10.9 Å². The molecule has 15 heteroatoms. The Kier molecular flexibility index (Phi) is 6.99. The van der Waals surface area contributed by atoms with Crippen LogP contribution in [0.1, 0.15) is 40.5 Å². The van der Waals surface area contributed by atoms with Gasteiger partial charge in [0.15, 0.2) is 5.69 Å². The van der Waals surface area contributed by atoms with Crippen molar-refractivity contribution in [2.45, 2.75) is 38.3 Å². The van der Waals surface area contributed by atoms with Crippen molar-refractivity contribution in [2.24, 2.45) is 0 Å². The van der Waals surface area contributed by atoms with Gasteiger partial charge in [-0.1, -0.05) is 6.07 Å². The van der Waals surface area contributed by atoms with Gasteiger partial charge in [0.1, 0.15) is 23.8 Å². The molecule has 4 heterocycles. The molecule has 2 N–H and O–H groups in total. The lowest BCUT2D eigenvalue weighted by atomic mass is 9.78. The minimum absolute atomic E-state index is 0.0785. The molecule has 13 nitrogen and oxygen atoms in total. The zero-order chi connectivity index (χ0) is 27.9. The Morgan fingerprint density at radius 2 is 2.00 bits per heavy atom. The molecule has 0 radical (unpaired) electrons. The second-order valence-electron chi connectivity index (χ2n) is 9.76. The van der Waals surface area contributed by atoms with E-state index in [1.807, 2.05) is 0 Å². The van der Waals surface area contributed by atoms with Gasteiger partial charge >= 0.3 is 0 Å². The minimum Gasteiger partial charge on any atom is -0.501 e. The minimum atomic E-state index is -3.40. The summed E-state index contributed by atoms with van der Waals surface area (Å²) in [5.74, 6) is -1.30. The van der Waals surface area contributed by atoms with Crippen molar-refractivity contribution in [3.63, 3.8) is 0 Å². The van der Waals surface area contributed by atoms with Gasteiger partial charge in [-0.15, -0.1) is 0 Å². The molecule has 208 valence electrons. The highest BCUT2D eigenvalue weighted by molar-refractivity contribution is 7.88. The molecule has 0 aliphatic carbocycles. The summed E-state index contributed by atoms with van der Waals surface area (Å²) in [6.07, 6.45) is 3.12. The number of halogens is 1. The number of aromatic hydroxyl groups is 1. The van der Waals surface area contributed by atoms with E-state index in [1.165, 1.54) is 38.1 Å². The van der Waals surface area contributed by atoms with Gasteiger partial charge in [0.05, 0.1) is 37.1 Å². The normalized spacial score (nSPS) is 17.5. The predicted molar refractivity (Wildman–Crippen MR) is 136 cm³/mol. The smallest absolute Gasteiger partial charge is 0.296 e. The maximum absolute atomic E-state index is 14.0. The van der Waals surface area contributed by atoms with Gasteiger partial charge < -0.3 is 15.2 Å². The maximum atomic E-state index is 14.0.